The second kappa shape index (κ2) is 5.21. The van der Waals surface area contributed by atoms with Crippen LogP contribution in [0.4, 0.5) is 0 Å². The topological polar surface area (TPSA) is 72.2 Å². The highest BCUT2D eigenvalue weighted by molar-refractivity contribution is 7.85. The van der Waals surface area contributed by atoms with Crippen LogP contribution in [0.5, 0.6) is 0 Å². The summed E-state index contributed by atoms with van der Waals surface area (Å²) in [5.41, 5.74) is 0. The van der Waals surface area contributed by atoms with Gasteiger partial charge < -0.3 is 4.57 Å². The molecule has 13 heavy (non-hydrogen) atoms. The third-order valence-corrected chi connectivity index (χ3v) is 2.18. The zero-order chi connectivity index (χ0) is 9.03. The van der Waals surface area contributed by atoms with Crippen LogP contribution in [0.25, 0.3) is 0 Å². The molecule has 76 valence electrons. The summed E-state index contributed by atoms with van der Waals surface area (Å²) in [5, 5.41) is 0. The van der Waals surface area contributed by atoms with Crippen LogP contribution in [-0.2, 0) is 16.7 Å². The third-order valence-electron chi connectivity index (χ3n) is 1.38. The van der Waals surface area contributed by atoms with Gasteiger partial charge in [0.25, 0.3) is 10.1 Å². The van der Waals surface area contributed by atoms with Gasteiger partial charge in [-0.25, -0.2) is 4.98 Å². The monoisotopic (exact) mass is 226 g/mol. The molecule has 1 rings (SSSR count). The first kappa shape index (κ1) is 12.4. The summed E-state index contributed by atoms with van der Waals surface area (Å²) in [7, 11) is -3.81. The zero-order valence-corrected chi connectivity index (χ0v) is 8.46. The van der Waals surface area contributed by atoms with E-state index in [9.17, 15) is 8.42 Å². The van der Waals surface area contributed by atoms with E-state index in [1.165, 1.54) is 0 Å². The fraction of sp³-hybridized carbons (Fsp3) is 0.500. The van der Waals surface area contributed by atoms with Crippen LogP contribution < -0.4 is 0 Å². The van der Waals surface area contributed by atoms with E-state index in [1.807, 2.05) is 0 Å². The average Bonchev–Trinajstić information content (AvgIpc) is 2.36. The fourth-order valence-electron chi connectivity index (χ4n) is 0.849. The van der Waals surface area contributed by atoms with Crippen molar-refractivity contribution in [1.82, 2.24) is 9.55 Å². The highest BCUT2D eigenvalue weighted by Gasteiger charge is 2.02. The number of halogens is 1. The Morgan fingerprint density at radius 3 is 2.62 bits per heavy atom. The van der Waals surface area contributed by atoms with Crippen LogP contribution in [0.2, 0.25) is 0 Å². The molecule has 0 amide bonds. The molecule has 0 aromatic carbocycles. The summed E-state index contributed by atoms with van der Waals surface area (Å²) < 4.78 is 30.7. The molecule has 0 unspecified atom stereocenters. The van der Waals surface area contributed by atoms with Gasteiger partial charge in [0, 0.05) is 18.9 Å². The molecule has 0 saturated heterocycles. The molecule has 0 atom stereocenters. The van der Waals surface area contributed by atoms with E-state index in [2.05, 4.69) is 4.98 Å². The molecule has 1 aromatic rings. The Bertz CT molecular complexity index is 322. The van der Waals surface area contributed by atoms with E-state index in [4.69, 9.17) is 4.55 Å². The summed E-state index contributed by atoms with van der Waals surface area (Å²) in [6, 6.07) is 0. The lowest BCUT2D eigenvalue weighted by Crippen LogP contribution is -2.06. The standard InChI is InChI=1S/C6H10N2O3S.ClH/c9-12(10,11)5-1-3-8-4-2-7-6-8;/h2,4,6H,1,3,5H2,(H,9,10,11);1H. The SMILES string of the molecule is Cl.O=S(=O)(O)CCCn1ccnc1. The van der Waals surface area contributed by atoms with Crippen molar-refractivity contribution < 1.29 is 13.0 Å². The predicted molar refractivity (Wildman–Crippen MR) is 50.5 cm³/mol. The largest absolute Gasteiger partial charge is 0.337 e. The van der Waals surface area contributed by atoms with Crippen LogP contribution in [-0.4, -0.2) is 28.3 Å². The van der Waals surface area contributed by atoms with Crippen molar-refractivity contribution in [3.8, 4) is 0 Å². The van der Waals surface area contributed by atoms with Gasteiger partial charge in [-0.1, -0.05) is 0 Å². The molecule has 0 aliphatic rings. The number of hydrogen-bond donors (Lipinski definition) is 1. The molecule has 0 bridgehead atoms. The number of rotatable bonds is 4. The normalized spacial score (nSPS) is 10.8. The average molecular weight is 227 g/mol. The van der Waals surface area contributed by atoms with E-state index in [-0.39, 0.29) is 18.2 Å². The van der Waals surface area contributed by atoms with E-state index in [0.29, 0.717) is 13.0 Å². The summed E-state index contributed by atoms with van der Waals surface area (Å²) in [4.78, 5) is 3.79. The van der Waals surface area contributed by atoms with Gasteiger partial charge in [0.05, 0.1) is 12.1 Å². The highest BCUT2D eigenvalue weighted by Crippen LogP contribution is 1.93. The van der Waals surface area contributed by atoms with E-state index < -0.39 is 10.1 Å². The quantitative estimate of drug-likeness (QED) is 0.763. The lowest BCUT2D eigenvalue weighted by Gasteiger charge is -1.98. The third kappa shape index (κ3) is 5.62. The molecular formula is C6H11ClN2O3S. The van der Waals surface area contributed by atoms with E-state index in [1.54, 1.807) is 23.3 Å². The van der Waals surface area contributed by atoms with Crippen LogP contribution in [0.15, 0.2) is 18.7 Å². The second-order valence-corrected chi connectivity index (χ2v) is 4.01. The van der Waals surface area contributed by atoms with Gasteiger partial charge in [0.1, 0.15) is 0 Å². The van der Waals surface area contributed by atoms with Crippen molar-refractivity contribution in [3.05, 3.63) is 18.7 Å². The van der Waals surface area contributed by atoms with E-state index >= 15 is 0 Å². The van der Waals surface area contributed by atoms with Crippen molar-refractivity contribution in [2.45, 2.75) is 13.0 Å². The lowest BCUT2D eigenvalue weighted by atomic mass is 10.5. The number of nitrogens with zero attached hydrogens (tertiary/aromatic N) is 2. The van der Waals surface area contributed by atoms with Crippen molar-refractivity contribution >= 4 is 22.5 Å². The van der Waals surface area contributed by atoms with E-state index in [0.717, 1.165) is 0 Å². The van der Waals surface area contributed by atoms with Gasteiger partial charge >= 0.3 is 0 Å². The van der Waals surface area contributed by atoms with Crippen molar-refractivity contribution in [2.24, 2.45) is 0 Å². The molecule has 5 nitrogen and oxygen atoms in total. The van der Waals surface area contributed by atoms with Gasteiger partial charge in [-0.3, -0.25) is 4.55 Å². The molecular weight excluding hydrogens is 216 g/mol. The molecule has 0 radical (unpaired) electrons. The number of imidazole rings is 1. The number of aryl methyl sites for hydroxylation is 1. The molecule has 1 heterocycles. The minimum atomic E-state index is -3.81. The Labute approximate surface area is 82.9 Å². The fourth-order valence-corrected chi connectivity index (χ4v) is 1.34. The summed E-state index contributed by atoms with van der Waals surface area (Å²) in [6.07, 6.45) is 5.36. The molecule has 7 heteroatoms. The molecule has 0 aliphatic heterocycles. The second-order valence-electron chi connectivity index (χ2n) is 2.44. The zero-order valence-electron chi connectivity index (χ0n) is 6.83. The van der Waals surface area contributed by atoms with Gasteiger partial charge in [0.15, 0.2) is 0 Å². The molecule has 1 aromatic heterocycles. The van der Waals surface area contributed by atoms with Gasteiger partial charge in [-0.15, -0.1) is 12.4 Å². The Balaban J connectivity index is 0.00000144. The predicted octanol–water partition coefficient (Wildman–Crippen LogP) is 0.583. The van der Waals surface area contributed by atoms with Crippen LogP contribution in [0.1, 0.15) is 6.42 Å². The number of hydrogen-bond acceptors (Lipinski definition) is 3. The Kier molecular flexibility index (Phi) is 4.97. The number of aromatic nitrogens is 2. The molecule has 0 spiro atoms. The molecule has 0 fully saturated rings. The lowest BCUT2D eigenvalue weighted by molar-refractivity contribution is 0.478. The Hall–Kier alpha value is -0.590. The van der Waals surface area contributed by atoms with Crippen LogP contribution in [0.3, 0.4) is 0 Å². The van der Waals surface area contributed by atoms with Gasteiger partial charge in [-0.05, 0) is 6.42 Å². The van der Waals surface area contributed by atoms with Gasteiger partial charge in [-0.2, -0.15) is 8.42 Å². The van der Waals surface area contributed by atoms with Crippen molar-refractivity contribution in [2.75, 3.05) is 5.75 Å². The highest BCUT2D eigenvalue weighted by atomic mass is 35.5. The summed E-state index contributed by atoms with van der Waals surface area (Å²) in [6.45, 7) is 0.555. The first-order valence-electron chi connectivity index (χ1n) is 3.49. The first-order valence-corrected chi connectivity index (χ1v) is 5.10. The minimum absolute atomic E-state index is 0. The van der Waals surface area contributed by atoms with Crippen LogP contribution >= 0.6 is 12.4 Å². The van der Waals surface area contributed by atoms with Crippen molar-refractivity contribution in [3.63, 3.8) is 0 Å². The molecule has 0 aliphatic carbocycles. The molecule has 0 saturated carbocycles. The Morgan fingerprint density at radius 2 is 2.15 bits per heavy atom. The van der Waals surface area contributed by atoms with Gasteiger partial charge in [0.2, 0.25) is 0 Å². The maximum Gasteiger partial charge on any atom is 0.264 e. The maximum absolute atomic E-state index is 10.3. The maximum atomic E-state index is 10.3. The molecule has 1 N–H and O–H groups in total. The summed E-state index contributed by atoms with van der Waals surface area (Å²) in [5.74, 6) is -0.203. The smallest absolute Gasteiger partial charge is 0.264 e. The summed E-state index contributed by atoms with van der Waals surface area (Å²) >= 11 is 0. The first-order chi connectivity index (χ1) is 5.58. The van der Waals surface area contributed by atoms with Crippen molar-refractivity contribution in [1.29, 1.82) is 0 Å². The van der Waals surface area contributed by atoms with Crippen LogP contribution in [0, 0.1) is 0 Å². The Morgan fingerprint density at radius 1 is 1.46 bits per heavy atom. The minimum Gasteiger partial charge on any atom is -0.337 e.